The van der Waals surface area contributed by atoms with Crippen LogP contribution in [0.3, 0.4) is 0 Å². The zero-order valence-corrected chi connectivity index (χ0v) is 15.9. The smallest absolute Gasteiger partial charge is 0.283 e. The van der Waals surface area contributed by atoms with Crippen molar-refractivity contribution in [1.82, 2.24) is 14.8 Å². The Labute approximate surface area is 159 Å². The molecule has 1 aliphatic heterocycles. The van der Waals surface area contributed by atoms with Crippen molar-refractivity contribution in [3.8, 4) is 0 Å². The van der Waals surface area contributed by atoms with Gasteiger partial charge in [-0.2, -0.15) is 5.10 Å². The number of nitrogens with one attached hydrogen (secondary N) is 1. The molecular weight excluding hydrogens is 400 g/mol. The number of Topliss-reactive ketones (excluding diaryl/α,β-unsaturated/α-hetero) is 1. The first-order valence-electron chi connectivity index (χ1n) is 8.65. The lowest BCUT2D eigenvalue weighted by Gasteiger charge is -2.13. The number of ketones is 1. The van der Waals surface area contributed by atoms with Crippen LogP contribution in [0, 0.1) is 0 Å². The maximum absolute atomic E-state index is 12.4. The molecule has 1 saturated heterocycles. The summed E-state index contributed by atoms with van der Waals surface area (Å²) in [4.78, 5) is 28.5. The van der Waals surface area contributed by atoms with Crippen molar-refractivity contribution in [2.45, 2.75) is 38.3 Å². The van der Waals surface area contributed by atoms with Crippen molar-refractivity contribution in [2.24, 2.45) is 0 Å². The fourth-order valence-electron chi connectivity index (χ4n) is 2.81. The van der Waals surface area contributed by atoms with Crippen molar-refractivity contribution < 1.29 is 9.53 Å². The highest BCUT2D eigenvalue weighted by atomic mass is 79.9. The van der Waals surface area contributed by atoms with E-state index in [0.717, 1.165) is 25.0 Å². The minimum absolute atomic E-state index is 0.0332. The maximum Gasteiger partial charge on any atom is 0.283 e. The van der Waals surface area contributed by atoms with E-state index in [1.807, 2.05) is 12.1 Å². The van der Waals surface area contributed by atoms with Crippen LogP contribution in [0.4, 0.5) is 5.69 Å². The number of halogens is 1. The van der Waals surface area contributed by atoms with E-state index >= 15 is 0 Å². The molecule has 138 valence electrons. The quantitative estimate of drug-likeness (QED) is 0.704. The molecule has 1 aliphatic rings. The summed E-state index contributed by atoms with van der Waals surface area (Å²) in [5.74, 6) is -0.0385. The summed E-state index contributed by atoms with van der Waals surface area (Å²) in [5.41, 5.74) is 1.34. The number of aromatic nitrogens is 3. The van der Waals surface area contributed by atoms with Crippen molar-refractivity contribution in [3.05, 3.63) is 51.1 Å². The van der Waals surface area contributed by atoms with Gasteiger partial charge in [0.25, 0.3) is 5.56 Å². The second-order valence-corrected chi connectivity index (χ2v) is 7.04. The zero-order chi connectivity index (χ0) is 18.4. The average Bonchev–Trinajstić information content (AvgIpc) is 3.18. The summed E-state index contributed by atoms with van der Waals surface area (Å²) in [6.45, 7) is 1.39. The average molecular weight is 421 g/mol. The fraction of sp³-hybridized carbons (Fsp3) is 0.444. The summed E-state index contributed by atoms with van der Waals surface area (Å²) < 4.78 is 7.13. The van der Waals surface area contributed by atoms with Crippen LogP contribution in [0.5, 0.6) is 0 Å². The summed E-state index contributed by atoms with van der Waals surface area (Å²) in [7, 11) is 0. The van der Waals surface area contributed by atoms with E-state index in [0.29, 0.717) is 29.5 Å². The molecule has 0 aliphatic carbocycles. The standard InChI is InChI=1S/C18H21BrN4O3/c19-17-16(21-10-15-2-1-9-26-15)11-22-23(18(17)25)12-14(24)4-3-13-5-7-20-8-6-13/h5-8,11,15,21H,1-4,9-10,12H2. The first-order valence-corrected chi connectivity index (χ1v) is 9.44. The number of nitrogens with zero attached hydrogens (tertiary/aromatic N) is 3. The van der Waals surface area contributed by atoms with E-state index in [4.69, 9.17) is 4.74 Å². The Bertz CT molecular complexity index is 804. The van der Waals surface area contributed by atoms with Gasteiger partial charge in [0.05, 0.1) is 18.0 Å². The number of carbonyl (C=O) groups is 1. The van der Waals surface area contributed by atoms with E-state index in [1.54, 1.807) is 18.6 Å². The highest BCUT2D eigenvalue weighted by Crippen LogP contribution is 2.18. The third kappa shape index (κ3) is 4.98. The molecule has 1 unspecified atom stereocenters. The Morgan fingerprint density at radius 3 is 2.92 bits per heavy atom. The molecule has 3 rings (SSSR count). The van der Waals surface area contributed by atoms with Gasteiger partial charge in [0.2, 0.25) is 0 Å². The van der Waals surface area contributed by atoms with Gasteiger partial charge in [-0.3, -0.25) is 14.6 Å². The first kappa shape index (κ1) is 18.7. The lowest BCUT2D eigenvalue weighted by molar-refractivity contribution is -0.119. The number of pyridine rings is 1. The molecule has 2 aromatic heterocycles. The molecule has 8 heteroatoms. The van der Waals surface area contributed by atoms with Crippen LogP contribution in [-0.2, 0) is 22.5 Å². The van der Waals surface area contributed by atoms with Gasteiger partial charge in [0, 0.05) is 32.0 Å². The minimum atomic E-state index is -0.320. The molecule has 1 fully saturated rings. The summed E-state index contributed by atoms with van der Waals surface area (Å²) in [6, 6.07) is 3.76. The number of hydrogen-bond acceptors (Lipinski definition) is 6. The van der Waals surface area contributed by atoms with Crippen LogP contribution in [-0.4, -0.2) is 39.8 Å². The van der Waals surface area contributed by atoms with E-state index in [9.17, 15) is 9.59 Å². The second-order valence-electron chi connectivity index (χ2n) is 6.25. The molecule has 0 amide bonds. The molecule has 1 atom stereocenters. The SMILES string of the molecule is O=C(CCc1ccncc1)Cn1ncc(NCC2CCCO2)c(Br)c1=O. The number of ether oxygens (including phenoxy) is 1. The molecule has 1 N–H and O–H groups in total. The number of hydrogen-bond donors (Lipinski definition) is 1. The third-order valence-electron chi connectivity index (χ3n) is 4.30. The Hall–Kier alpha value is -2.06. The Kier molecular flexibility index (Phi) is 6.51. The highest BCUT2D eigenvalue weighted by molar-refractivity contribution is 9.10. The summed E-state index contributed by atoms with van der Waals surface area (Å²) in [6.07, 6.45) is 8.19. The first-order chi connectivity index (χ1) is 12.6. The van der Waals surface area contributed by atoms with Gasteiger partial charge in [0.15, 0.2) is 5.78 Å². The number of carbonyl (C=O) groups excluding carboxylic acids is 1. The number of rotatable bonds is 8. The lowest BCUT2D eigenvalue weighted by Crippen LogP contribution is -2.29. The largest absolute Gasteiger partial charge is 0.380 e. The molecule has 3 heterocycles. The molecule has 0 spiro atoms. The van der Waals surface area contributed by atoms with Crippen molar-refractivity contribution >= 4 is 27.4 Å². The monoisotopic (exact) mass is 420 g/mol. The number of anilines is 1. The van der Waals surface area contributed by atoms with E-state index in [2.05, 4.69) is 31.3 Å². The van der Waals surface area contributed by atoms with Crippen LogP contribution >= 0.6 is 15.9 Å². The number of aryl methyl sites for hydroxylation is 1. The van der Waals surface area contributed by atoms with E-state index in [-0.39, 0.29) is 24.0 Å². The Morgan fingerprint density at radius 1 is 1.38 bits per heavy atom. The highest BCUT2D eigenvalue weighted by Gasteiger charge is 2.17. The van der Waals surface area contributed by atoms with Gasteiger partial charge in [-0.1, -0.05) is 0 Å². The topological polar surface area (TPSA) is 86.1 Å². The molecule has 0 bridgehead atoms. The predicted molar refractivity (Wildman–Crippen MR) is 101 cm³/mol. The molecular formula is C18H21BrN4O3. The molecule has 7 nitrogen and oxygen atoms in total. The van der Waals surface area contributed by atoms with E-state index in [1.165, 1.54) is 4.68 Å². The Morgan fingerprint density at radius 2 is 2.19 bits per heavy atom. The minimum Gasteiger partial charge on any atom is -0.380 e. The second kappa shape index (κ2) is 9.05. The van der Waals surface area contributed by atoms with E-state index < -0.39 is 0 Å². The van der Waals surface area contributed by atoms with Crippen LogP contribution in [0.25, 0.3) is 0 Å². The lowest BCUT2D eigenvalue weighted by atomic mass is 10.1. The van der Waals surface area contributed by atoms with Gasteiger partial charge in [-0.15, -0.1) is 0 Å². The van der Waals surface area contributed by atoms with Gasteiger partial charge >= 0.3 is 0 Å². The van der Waals surface area contributed by atoms with Crippen molar-refractivity contribution in [3.63, 3.8) is 0 Å². The van der Waals surface area contributed by atoms with Gasteiger partial charge < -0.3 is 10.1 Å². The van der Waals surface area contributed by atoms with Crippen LogP contribution in [0.1, 0.15) is 24.8 Å². The summed E-state index contributed by atoms with van der Waals surface area (Å²) >= 11 is 3.31. The normalized spacial score (nSPS) is 16.6. The van der Waals surface area contributed by atoms with Gasteiger partial charge in [-0.05, 0) is 52.9 Å². The van der Waals surface area contributed by atoms with Crippen LogP contribution < -0.4 is 10.9 Å². The molecule has 0 saturated carbocycles. The predicted octanol–water partition coefficient (Wildman–Crippen LogP) is 2.19. The Balaban J connectivity index is 1.56. The molecule has 26 heavy (non-hydrogen) atoms. The van der Waals surface area contributed by atoms with Crippen LogP contribution in [0.2, 0.25) is 0 Å². The van der Waals surface area contributed by atoms with Gasteiger partial charge in [-0.25, -0.2) is 4.68 Å². The van der Waals surface area contributed by atoms with Crippen molar-refractivity contribution in [2.75, 3.05) is 18.5 Å². The maximum atomic E-state index is 12.4. The van der Waals surface area contributed by atoms with Gasteiger partial charge in [0.1, 0.15) is 11.0 Å². The fourth-order valence-corrected chi connectivity index (χ4v) is 3.26. The summed E-state index contributed by atoms with van der Waals surface area (Å²) in [5, 5.41) is 7.30. The third-order valence-corrected chi connectivity index (χ3v) is 5.06. The molecule has 0 radical (unpaired) electrons. The van der Waals surface area contributed by atoms with Crippen molar-refractivity contribution in [1.29, 1.82) is 0 Å². The molecule has 0 aromatic carbocycles. The molecule has 2 aromatic rings. The zero-order valence-electron chi connectivity index (χ0n) is 14.4. The van der Waals surface area contributed by atoms with Crippen LogP contribution in [0.15, 0.2) is 40.0 Å².